The molecule has 0 fully saturated rings. The molecule has 130 valence electrons. The highest BCUT2D eigenvalue weighted by atomic mass is 35.5. The first-order valence-electron chi connectivity index (χ1n) is 7.34. The lowest BCUT2D eigenvalue weighted by Gasteiger charge is -2.12. The lowest BCUT2D eigenvalue weighted by atomic mass is 10.1. The number of halogens is 5. The van der Waals surface area contributed by atoms with Crippen LogP contribution >= 0.6 is 23.2 Å². The summed E-state index contributed by atoms with van der Waals surface area (Å²) in [7, 11) is 0. The van der Waals surface area contributed by atoms with E-state index in [1.807, 2.05) is 0 Å². The second kappa shape index (κ2) is 7.06. The number of rotatable bonds is 4. The van der Waals surface area contributed by atoms with E-state index in [4.69, 9.17) is 23.2 Å². The summed E-state index contributed by atoms with van der Waals surface area (Å²) in [6, 6.07) is 12.1. The fraction of sp³-hybridized carbons (Fsp3) is 0.176. The summed E-state index contributed by atoms with van der Waals surface area (Å²) in [4.78, 5) is 4.31. The van der Waals surface area contributed by atoms with Crippen molar-refractivity contribution in [3.8, 4) is 22.8 Å². The van der Waals surface area contributed by atoms with Gasteiger partial charge in [-0.3, -0.25) is 0 Å². The van der Waals surface area contributed by atoms with Gasteiger partial charge in [0.1, 0.15) is 0 Å². The van der Waals surface area contributed by atoms with Gasteiger partial charge in [0.2, 0.25) is 0 Å². The Labute approximate surface area is 152 Å². The molecule has 3 rings (SSSR count). The molecule has 0 unspecified atom stereocenters. The van der Waals surface area contributed by atoms with Crippen molar-refractivity contribution in [1.29, 1.82) is 0 Å². The maximum absolute atomic E-state index is 13.3. The van der Waals surface area contributed by atoms with Crippen LogP contribution in [0.5, 0.6) is 0 Å². The topological polar surface area (TPSA) is 30.7 Å². The lowest BCUT2D eigenvalue weighted by molar-refractivity contribution is -0.137. The predicted octanol–water partition coefficient (Wildman–Crippen LogP) is 5.52. The summed E-state index contributed by atoms with van der Waals surface area (Å²) in [5.74, 6) is 0.540. The van der Waals surface area contributed by atoms with Gasteiger partial charge in [-0.1, -0.05) is 41.9 Å². The average Bonchev–Trinajstić information content (AvgIpc) is 2.98. The summed E-state index contributed by atoms with van der Waals surface area (Å²) in [6.07, 6.45) is -4.50. The van der Waals surface area contributed by atoms with Crippen molar-refractivity contribution in [2.24, 2.45) is 0 Å². The van der Waals surface area contributed by atoms with Crippen LogP contribution in [0.1, 0.15) is 5.56 Å². The zero-order chi connectivity index (χ0) is 18.0. The summed E-state index contributed by atoms with van der Waals surface area (Å²) < 4.78 is 41.4. The second-order valence-electron chi connectivity index (χ2n) is 5.19. The molecule has 0 saturated carbocycles. The molecule has 0 aliphatic rings. The minimum atomic E-state index is -4.50. The molecule has 0 bridgehead atoms. The second-order valence-corrected chi connectivity index (χ2v) is 5.98. The molecule has 2 aromatic carbocycles. The van der Waals surface area contributed by atoms with Crippen molar-refractivity contribution < 1.29 is 13.2 Å². The number of nitrogens with zero attached hydrogens (tertiary/aromatic N) is 3. The van der Waals surface area contributed by atoms with Gasteiger partial charge in [-0.25, -0.2) is 9.67 Å². The molecule has 0 radical (unpaired) electrons. The maximum atomic E-state index is 13.3. The fourth-order valence-corrected chi connectivity index (χ4v) is 2.84. The van der Waals surface area contributed by atoms with E-state index < -0.39 is 11.7 Å². The third-order valence-corrected chi connectivity index (χ3v) is 4.05. The van der Waals surface area contributed by atoms with Crippen molar-refractivity contribution in [1.82, 2.24) is 14.8 Å². The number of aromatic nitrogens is 3. The number of aryl methyl sites for hydroxylation is 1. The van der Waals surface area contributed by atoms with Crippen molar-refractivity contribution >= 4 is 23.2 Å². The van der Waals surface area contributed by atoms with Crippen molar-refractivity contribution in [3.05, 3.63) is 59.1 Å². The largest absolute Gasteiger partial charge is 0.417 e. The van der Waals surface area contributed by atoms with Crippen LogP contribution < -0.4 is 0 Å². The van der Waals surface area contributed by atoms with Crippen LogP contribution in [0.2, 0.25) is 5.02 Å². The molecule has 1 heterocycles. The molecule has 0 atom stereocenters. The first kappa shape index (κ1) is 17.8. The Morgan fingerprint density at radius 3 is 2.24 bits per heavy atom. The third kappa shape index (κ3) is 3.65. The standard InChI is InChI=1S/C17H12Cl2F3N3/c18-9-10-25-16(11-5-1-3-7-13(11)17(20,21)22)23-15(24-25)12-6-2-4-8-14(12)19/h1-8H,9-10H2. The van der Waals surface area contributed by atoms with Crippen LogP contribution in [0.4, 0.5) is 13.2 Å². The smallest absolute Gasteiger partial charge is 0.244 e. The van der Waals surface area contributed by atoms with E-state index in [2.05, 4.69) is 10.1 Å². The molecule has 0 aliphatic heterocycles. The number of hydrogen-bond donors (Lipinski definition) is 0. The van der Waals surface area contributed by atoms with Gasteiger partial charge in [0.25, 0.3) is 0 Å². The minimum absolute atomic E-state index is 0.0501. The molecule has 0 saturated heterocycles. The average molecular weight is 386 g/mol. The Morgan fingerprint density at radius 2 is 1.60 bits per heavy atom. The van der Waals surface area contributed by atoms with Crippen molar-refractivity contribution in [2.75, 3.05) is 5.88 Å². The number of alkyl halides is 4. The van der Waals surface area contributed by atoms with Gasteiger partial charge < -0.3 is 0 Å². The van der Waals surface area contributed by atoms with Gasteiger partial charge in [0, 0.05) is 17.0 Å². The maximum Gasteiger partial charge on any atom is 0.417 e. The molecule has 0 amide bonds. The van der Waals surface area contributed by atoms with Crippen LogP contribution in [-0.2, 0) is 12.7 Å². The third-order valence-electron chi connectivity index (χ3n) is 3.56. The molecular weight excluding hydrogens is 374 g/mol. The van der Waals surface area contributed by atoms with Gasteiger partial charge in [-0.2, -0.15) is 18.3 Å². The first-order valence-corrected chi connectivity index (χ1v) is 8.25. The van der Waals surface area contributed by atoms with Crippen LogP contribution in [-0.4, -0.2) is 20.6 Å². The highest BCUT2D eigenvalue weighted by Crippen LogP contribution is 2.37. The van der Waals surface area contributed by atoms with Gasteiger partial charge in [0.15, 0.2) is 11.6 Å². The molecule has 8 heteroatoms. The van der Waals surface area contributed by atoms with E-state index in [9.17, 15) is 13.2 Å². The highest BCUT2D eigenvalue weighted by Gasteiger charge is 2.34. The number of benzene rings is 2. The van der Waals surface area contributed by atoms with Crippen molar-refractivity contribution in [2.45, 2.75) is 12.7 Å². The molecule has 0 spiro atoms. The predicted molar refractivity (Wildman–Crippen MR) is 91.6 cm³/mol. The van der Waals surface area contributed by atoms with Gasteiger partial charge in [0.05, 0.1) is 17.1 Å². The Bertz CT molecular complexity index is 891. The molecule has 0 N–H and O–H groups in total. The Balaban J connectivity index is 2.19. The Hall–Kier alpha value is -2.05. The molecule has 25 heavy (non-hydrogen) atoms. The van der Waals surface area contributed by atoms with Gasteiger partial charge in [-0.15, -0.1) is 11.6 Å². The zero-order valence-electron chi connectivity index (χ0n) is 12.8. The molecular formula is C17H12Cl2F3N3. The van der Waals surface area contributed by atoms with E-state index in [1.54, 1.807) is 24.3 Å². The fourth-order valence-electron chi connectivity index (χ4n) is 2.46. The summed E-state index contributed by atoms with van der Waals surface area (Å²) in [5.41, 5.74) is -0.280. The van der Waals surface area contributed by atoms with E-state index in [-0.39, 0.29) is 29.6 Å². The van der Waals surface area contributed by atoms with E-state index in [0.29, 0.717) is 10.6 Å². The number of hydrogen-bond acceptors (Lipinski definition) is 2. The summed E-state index contributed by atoms with van der Waals surface area (Å²) >= 11 is 11.9. The zero-order valence-corrected chi connectivity index (χ0v) is 14.3. The van der Waals surface area contributed by atoms with Crippen LogP contribution in [0.15, 0.2) is 48.5 Å². The minimum Gasteiger partial charge on any atom is -0.244 e. The van der Waals surface area contributed by atoms with Crippen LogP contribution in [0, 0.1) is 0 Å². The van der Waals surface area contributed by atoms with E-state index in [0.717, 1.165) is 6.07 Å². The van der Waals surface area contributed by atoms with Crippen molar-refractivity contribution in [3.63, 3.8) is 0 Å². The SMILES string of the molecule is FC(F)(F)c1ccccc1-c1nc(-c2ccccc2Cl)nn1CCCl. The van der Waals surface area contributed by atoms with E-state index >= 15 is 0 Å². The van der Waals surface area contributed by atoms with E-state index in [1.165, 1.54) is 22.9 Å². The summed E-state index contributed by atoms with van der Waals surface area (Å²) in [6.45, 7) is 0.223. The molecule has 1 aromatic heterocycles. The summed E-state index contributed by atoms with van der Waals surface area (Å²) in [5, 5.41) is 4.72. The molecule has 3 nitrogen and oxygen atoms in total. The normalized spacial score (nSPS) is 11.7. The van der Waals surface area contributed by atoms with Gasteiger partial charge >= 0.3 is 6.18 Å². The van der Waals surface area contributed by atoms with Crippen LogP contribution in [0.3, 0.4) is 0 Å². The first-order chi connectivity index (χ1) is 11.9. The quantitative estimate of drug-likeness (QED) is 0.553. The monoisotopic (exact) mass is 385 g/mol. The Kier molecular flexibility index (Phi) is 5.01. The lowest BCUT2D eigenvalue weighted by Crippen LogP contribution is -2.10. The van der Waals surface area contributed by atoms with Crippen LogP contribution in [0.25, 0.3) is 22.8 Å². The van der Waals surface area contributed by atoms with Gasteiger partial charge in [-0.05, 0) is 18.2 Å². The highest BCUT2D eigenvalue weighted by molar-refractivity contribution is 6.33. The molecule has 0 aliphatic carbocycles. The Morgan fingerprint density at radius 1 is 0.960 bits per heavy atom. The molecule has 3 aromatic rings.